The zero-order valence-electron chi connectivity index (χ0n) is 7.76. The molecule has 1 aromatic carbocycles. The zero-order chi connectivity index (χ0) is 10.4. The first kappa shape index (κ1) is 11.3. The third-order valence-electron chi connectivity index (χ3n) is 1.91. The van der Waals surface area contributed by atoms with Gasteiger partial charge in [-0.05, 0) is 24.5 Å². The monoisotopic (exact) mass is 225 g/mol. The average Bonchev–Trinajstić information content (AvgIpc) is 2.19. The van der Waals surface area contributed by atoms with Crippen molar-refractivity contribution in [3.05, 3.63) is 28.8 Å². The number of hydrogen-bond acceptors (Lipinski definition) is 2. The molecule has 3 heteroatoms. The molecule has 0 unspecified atom stereocenters. The van der Waals surface area contributed by atoms with Crippen molar-refractivity contribution in [1.29, 1.82) is 0 Å². The maximum absolute atomic E-state index is 6.07. The van der Waals surface area contributed by atoms with Crippen molar-refractivity contribution in [2.24, 2.45) is 5.73 Å². The fourth-order valence-electron chi connectivity index (χ4n) is 1.20. The van der Waals surface area contributed by atoms with Crippen molar-refractivity contribution < 1.29 is 0 Å². The third-order valence-corrected chi connectivity index (χ3v) is 2.86. The minimum absolute atomic E-state index is 0.747. The van der Waals surface area contributed by atoms with Gasteiger partial charge in [0.25, 0.3) is 0 Å². The van der Waals surface area contributed by atoms with Crippen molar-refractivity contribution in [3.8, 4) is 12.0 Å². The molecule has 14 heavy (non-hydrogen) atoms. The molecule has 0 aliphatic heterocycles. The van der Waals surface area contributed by atoms with Crippen LogP contribution in [0.1, 0.15) is 18.4 Å². The second-order valence-electron chi connectivity index (χ2n) is 2.92. The minimum Gasteiger partial charge on any atom is -0.359 e. The highest BCUT2D eigenvalue weighted by Crippen LogP contribution is 2.25. The standard InChI is InChI=1S/C11H12ClNS/c12-11-9(5-2-1-3-8-13)6-4-7-10(11)14/h4,6-7,14H,1-2,5,13H2. The van der Waals surface area contributed by atoms with Gasteiger partial charge in [0.1, 0.15) is 0 Å². The largest absolute Gasteiger partial charge is 0.359 e. The van der Waals surface area contributed by atoms with E-state index < -0.39 is 0 Å². The van der Waals surface area contributed by atoms with Gasteiger partial charge in [-0.2, -0.15) is 0 Å². The lowest BCUT2D eigenvalue weighted by atomic mass is 10.1. The maximum Gasteiger partial charge on any atom is 0.0571 e. The van der Waals surface area contributed by atoms with E-state index in [4.69, 9.17) is 17.3 Å². The van der Waals surface area contributed by atoms with Crippen LogP contribution in [0.2, 0.25) is 5.02 Å². The Hall–Kier alpha value is -0.780. The normalized spacial score (nSPS) is 9.29. The van der Waals surface area contributed by atoms with Crippen LogP contribution in [0.15, 0.2) is 23.1 Å². The molecule has 1 aromatic rings. The number of nitrogens with two attached hydrogens (primary N) is 1. The number of thiol groups is 1. The molecule has 0 aliphatic carbocycles. The summed E-state index contributed by atoms with van der Waals surface area (Å²) in [5.74, 6) is 2.82. The quantitative estimate of drug-likeness (QED) is 0.352. The summed E-state index contributed by atoms with van der Waals surface area (Å²) in [6.45, 7) is 0. The lowest BCUT2D eigenvalue weighted by Gasteiger charge is -2.04. The Morgan fingerprint density at radius 3 is 2.93 bits per heavy atom. The van der Waals surface area contributed by atoms with Crippen molar-refractivity contribution >= 4 is 24.2 Å². The Balaban J connectivity index is 2.57. The predicted octanol–water partition coefficient (Wildman–Crippen LogP) is 2.87. The van der Waals surface area contributed by atoms with E-state index in [-0.39, 0.29) is 0 Å². The van der Waals surface area contributed by atoms with Gasteiger partial charge in [-0.25, -0.2) is 0 Å². The molecule has 0 radical (unpaired) electrons. The first-order valence-electron chi connectivity index (χ1n) is 4.40. The average molecular weight is 226 g/mol. The summed E-state index contributed by atoms with van der Waals surface area (Å²) in [6.07, 6.45) is 2.70. The Kier molecular flexibility index (Phi) is 4.72. The number of unbranched alkanes of at least 4 members (excludes halogenated alkanes) is 1. The van der Waals surface area contributed by atoms with Crippen LogP contribution in [0.5, 0.6) is 0 Å². The topological polar surface area (TPSA) is 26.0 Å². The van der Waals surface area contributed by atoms with Gasteiger partial charge in [0, 0.05) is 17.4 Å². The van der Waals surface area contributed by atoms with E-state index in [2.05, 4.69) is 24.6 Å². The van der Waals surface area contributed by atoms with Gasteiger partial charge in [0.05, 0.1) is 5.02 Å². The van der Waals surface area contributed by atoms with Gasteiger partial charge in [-0.3, -0.25) is 0 Å². The van der Waals surface area contributed by atoms with Gasteiger partial charge >= 0.3 is 0 Å². The first-order valence-corrected chi connectivity index (χ1v) is 5.23. The lowest BCUT2D eigenvalue weighted by molar-refractivity contribution is 0.855. The molecule has 0 aliphatic rings. The zero-order valence-corrected chi connectivity index (χ0v) is 9.41. The summed E-state index contributed by atoms with van der Waals surface area (Å²) in [4.78, 5) is 0.828. The molecule has 0 fully saturated rings. The Morgan fingerprint density at radius 1 is 1.43 bits per heavy atom. The van der Waals surface area contributed by atoms with E-state index in [0.717, 1.165) is 34.7 Å². The van der Waals surface area contributed by atoms with Crippen LogP contribution in [-0.2, 0) is 6.42 Å². The maximum atomic E-state index is 6.07. The molecule has 0 saturated heterocycles. The second-order valence-corrected chi connectivity index (χ2v) is 3.78. The molecule has 1 nitrogen and oxygen atoms in total. The van der Waals surface area contributed by atoms with Crippen LogP contribution in [-0.4, -0.2) is 0 Å². The Bertz CT molecular complexity index is 365. The van der Waals surface area contributed by atoms with E-state index in [1.165, 1.54) is 0 Å². The molecule has 0 amide bonds. The summed E-state index contributed by atoms with van der Waals surface area (Å²) >= 11 is 10.3. The smallest absolute Gasteiger partial charge is 0.0571 e. The summed E-state index contributed by atoms with van der Waals surface area (Å²) in [5, 5.41) is 0.747. The number of halogens is 1. The molecule has 74 valence electrons. The number of aryl methyl sites for hydroxylation is 1. The third kappa shape index (κ3) is 3.17. The number of hydrogen-bond donors (Lipinski definition) is 2. The van der Waals surface area contributed by atoms with Crippen LogP contribution in [0.25, 0.3) is 0 Å². The predicted molar refractivity (Wildman–Crippen MR) is 63.6 cm³/mol. The van der Waals surface area contributed by atoms with Gasteiger partial charge in [-0.15, -0.1) is 12.6 Å². The van der Waals surface area contributed by atoms with E-state index >= 15 is 0 Å². The van der Waals surface area contributed by atoms with E-state index in [0.29, 0.717) is 0 Å². The summed E-state index contributed by atoms with van der Waals surface area (Å²) in [6, 6.07) is 8.23. The van der Waals surface area contributed by atoms with Crippen molar-refractivity contribution in [2.75, 3.05) is 0 Å². The number of rotatable bonds is 3. The number of benzene rings is 1. The van der Waals surface area contributed by atoms with Crippen molar-refractivity contribution in [1.82, 2.24) is 0 Å². The van der Waals surface area contributed by atoms with Gasteiger partial charge in [0.15, 0.2) is 0 Å². The Labute approximate surface area is 95.1 Å². The molecule has 2 N–H and O–H groups in total. The fourth-order valence-corrected chi connectivity index (χ4v) is 1.65. The molecular formula is C11H12ClNS. The molecule has 0 aromatic heterocycles. The molecular weight excluding hydrogens is 214 g/mol. The molecule has 0 heterocycles. The highest BCUT2D eigenvalue weighted by Gasteiger charge is 2.01. The highest BCUT2D eigenvalue weighted by molar-refractivity contribution is 7.80. The second kappa shape index (κ2) is 5.85. The van der Waals surface area contributed by atoms with Crippen molar-refractivity contribution in [2.45, 2.75) is 24.2 Å². The molecule has 0 atom stereocenters. The molecule has 0 spiro atoms. The molecule has 0 bridgehead atoms. The van der Waals surface area contributed by atoms with E-state index in [9.17, 15) is 0 Å². The van der Waals surface area contributed by atoms with Crippen LogP contribution in [0.4, 0.5) is 0 Å². The van der Waals surface area contributed by atoms with Crippen LogP contribution >= 0.6 is 24.2 Å². The van der Waals surface area contributed by atoms with Crippen molar-refractivity contribution in [3.63, 3.8) is 0 Å². The Morgan fingerprint density at radius 2 is 2.21 bits per heavy atom. The van der Waals surface area contributed by atoms with Gasteiger partial charge < -0.3 is 5.73 Å². The first-order chi connectivity index (χ1) is 6.75. The molecule has 1 rings (SSSR count). The summed E-state index contributed by atoms with van der Waals surface area (Å²) < 4.78 is 0. The van der Waals surface area contributed by atoms with Crippen LogP contribution < -0.4 is 5.73 Å². The van der Waals surface area contributed by atoms with Crippen LogP contribution in [0.3, 0.4) is 0 Å². The summed E-state index contributed by atoms with van der Waals surface area (Å²) in [7, 11) is 0. The van der Waals surface area contributed by atoms with Crippen LogP contribution in [0, 0.1) is 12.0 Å². The summed E-state index contributed by atoms with van der Waals surface area (Å²) in [5.41, 5.74) is 6.19. The minimum atomic E-state index is 0.747. The van der Waals surface area contributed by atoms with E-state index in [1.807, 2.05) is 18.2 Å². The van der Waals surface area contributed by atoms with Gasteiger partial charge in [0.2, 0.25) is 0 Å². The SMILES string of the molecule is NC#CCCCc1cccc(S)c1Cl. The van der Waals surface area contributed by atoms with E-state index in [1.54, 1.807) is 0 Å². The highest BCUT2D eigenvalue weighted by atomic mass is 35.5. The lowest BCUT2D eigenvalue weighted by Crippen LogP contribution is -1.87. The fraction of sp³-hybridized carbons (Fsp3) is 0.273. The van der Waals surface area contributed by atoms with Gasteiger partial charge in [-0.1, -0.05) is 29.7 Å². The molecule has 0 saturated carbocycles.